The number of nitrogens with zero attached hydrogens (tertiary/aromatic N) is 1. The summed E-state index contributed by atoms with van der Waals surface area (Å²) in [4.78, 5) is 25.9. The van der Waals surface area contributed by atoms with Gasteiger partial charge in [-0.1, -0.05) is 48.5 Å². The van der Waals surface area contributed by atoms with Crippen molar-refractivity contribution in [2.75, 3.05) is 14.2 Å². The second kappa shape index (κ2) is 9.42. The fourth-order valence-corrected chi connectivity index (χ4v) is 2.47. The van der Waals surface area contributed by atoms with E-state index < -0.39 is 12.1 Å². The van der Waals surface area contributed by atoms with Gasteiger partial charge in [-0.05, 0) is 24.6 Å². The molecule has 1 amide bonds. The molecule has 0 heterocycles. The first-order chi connectivity index (χ1) is 12.5. The van der Waals surface area contributed by atoms with E-state index in [0.717, 1.165) is 11.1 Å². The number of ether oxygens (including phenoxy) is 2. The minimum Gasteiger partial charge on any atom is -0.496 e. The Morgan fingerprint density at radius 3 is 2.42 bits per heavy atom. The van der Waals surface area contributed by atoms with E-state index in [1.54, 1.807) is 33.2 Å². The molecule has 0 bridgehead atoms. The average molecular weight is 353 g/mol. The quantitative estimate of drug-likeness (QED) is 0.566. The minimum absolute atomic E-state index is 0.257. The number of para-hydroxylation sites is 1. The van der Waals surface area contributed by atoms with E-state index in [1.165, 1.54) is 11.0 Å². The maximum atomic E-state index is 12.4. The molecular weight excluding hydrogens is 330 g/mol. The van der Waals surface area contributed by atoms with Crippen molar-refractivity contribution in [1.82, 2.24) is 4.90 Å². The molecule has 0 aliphatic carbocycles. The van der Waals surface area contributed by atoms with Crippen LogP contribution in [0.25, 0.3) is 6.08 Å². The number of hydrogen-bond acceptors (Lipinski definition) is 4. The summed E-state index contributed by atoms with van der Waals surface area (Å²) in [6.07, 6.45) is 2.03. The number of methoxy groups -OCH3 is 1. The molecule has 1 atom stereocenters. The van der Waals surface area contributed by atoms with Crippen molar-refractivity contribution in [1.29, 1.82) is 0 Å². The number of esters is 1. The molecule has 2 aromatic rings. The molecule has 2 rings (SSSR count). The summed E-state index contributed by atoms with van der Waals surface area (Å²) >= 11 is 0. The zero-order chi connectivity index (χ0) is 18.9. The monoisotopic (exact) mass is 353 g/mol. The number of hydrogen-bond donors (Lipinski definition) is 0. The number of amides is 1. The van der Waals surface area contributed by atoms with Crippen LogP contribution in [-0.2, 0) is 20.9 Å². The van der Waals surface area contributed by atoms with Crippen molar-refractivity contribution in [3.8, 4) is 5.75 Å². The molecule has 5 nitrogen and oxygen atoms in total. The highest BCUT2D eigenvalue weighted by molar-refractivity contribution is 5.90. The van der Waals surface area contributed by atoms with Gasteiger partial charge in [0.25, 0.3) is 5.91 Å². The first-order valence-corrected chi connectivity index (χ1v) is 8.32. The topological polar surface area (TPSA) is 55.8 Å². The van der Waals surface area contributed by atoms with Gasteiger partial charge in [-0.3, -0.25) is 4.79 Å². The van der Waals surface area contributed by atoms with E-state index in [9.17, 15) is 9.59 Å². The van der Waals surface area contributed by atoms with Gasteiger partial charge in [-0.2, -0.15) is 0 Å². The lowest BCUT2D eigenvalue weighted by atomic mass is 10.2. The van der Waals surface area contributed by atoms with Gasteiger partial charge in [0, 0.05) is 25.2 Å². The van der Waals surface area contributed by atoms with Crippen LogP contribution >= 0.6 is 0 Å². The first kappa shape index (κ1) is 19.2. The summed E-state index contributed by atoms with van der Waals surface area (Å²) in [5, 5.41) is 0. The van der Waals surface area contributed by atoms with Crippen LogP contribution in [0.4, 0.5) is 0 Å². The molecule has 2 aromatic carbocycles. The SMILES string of the molecule is COc1ccccc1/C=C/C(=O)O[C@@H](C)C(=O)N(C)Cc1ccccc1. The molecule has 0 fully saturated rings. The van der Waals surface area contributed by atoms with Crippen molar-refractivity contribution < 1.29 is 19.1 Å². The molecule has 0 aliphatic heterocycles. The van der Waals surface area contributed by atoms with Gasteiger partial charge in [-0.25, -0.2) is 4.79 Å². The van der Waals surface area contributed by atoms with Crippen molar-refractivity contribution in [3.63, 3.8) is 0 Å². The van der Waals surface area contributed by atoms with E-state index in [2.05, 4.69) is 0 Å². The molecule has 0 spiro atoms. The third-order valence-electron chi connectivity index (χ3n) is 3.82. The normalized spacial score (nSPS) is 11.8. The molecule has 26 heavy (non-hydrogen) atoms. The van der Waals surface area contributed by atoms with Crippen LogP contribution in [0, 0.1) is 0 Å². The summed E-state index contributed by atoms with van der Waals surface area (Å²) in [5.41, 5.74) is 1.77. The van der Waals surface area contributed by atoms with E-state index in [1.807, 2.05) is 48.5 Å². The first-order valence-electron chi connectivity index (χ1n) is 8.32. The lowest BCUT2D eigenvalue weighted by molar-refractivity contribution is -0.154. The maximum Gasteiger partial charge on any atom is 0.331 e. The van der Waals surface area contributed by atoms with Crippen LogP contribution in [0.1, 0.15) is 18.1 Å². The summed E-state index contributed by atoms with van der Waals surface area (Å²) in [5.74, 6) is -0.180. The van der Waals surface area contributed by atoms with Gasteiger partial charge in [0.05, 0.1) is 7.11 Å². The molecule has 5 heteroatoms. The lowest BCUT2D eigenvalue weighted by Gasteiger charge is -2.21. The molecule has 0 radical (unpaired) electrons. The molecule has 0 saturated carbocycles. The van der Waals surface area contributed by atoms with Gasteiger partial charge >= 0.3 is 5.97 Å². The molecule has 0 aliphatic rings. The third-order valence-corrected chi connectivity index (χ3v) is 3.82. The molecule has 0 N–H and O–H groups in total. The Kier molecular flexibility index (Phi) is 6.97. The Balaban J connectivity index is 1.91. The van der Waals surface area contributed by atoms with Crippen LogP contribution in [-0.4, -0.2) is 37.0 Å². The van der Waals surface area contributed by atoms with Crippen LogP contribution in [0.2, 0.25) is 0 Å². The second-order valence-corrected chi connectivity index (χ2v) is 5.83. The molecule has 0 unspecified atom stereocenters. The van der Waals surface area contributed by atoms with Gasteiger partial charge < -0.3 is 14.4 Å². The number of rotatable bonds is 7. The zero-order valence-corrected chi connectivity index (χ0v) is 15.2. The largest absolute Gasteiger partial charge is 0.496 e. The van der Waals surface area contributed by atoms with Crippen LogP contribution in [0.3, 0.4) is 0 Å². The molecule has 0 aromatic heterocycles. The summed E-state index contributed by atoms with van der Waals surface area (Å²) in [6.45, 7) is 2.03. The van der Waals surface area contributed by atoms with E-state index in [-0.39, 0.29) is 5.91 Å². The van der Waals surface area contributed by atoms with Gasteiger partial charge in [0.2, 0.25) is 0 Å². The highest BCUT2D eigenvalue weighted by atomic mass is 16.5. The fraction of sp³-hybridized carbons (Fsp3) is 0.238. The Morgan fingerprint density at radius 2 is 1.73 bits per heavy atom. The van der Waals surface area contributed by atoms with E-state index in [0.29, 0.717) is 12.3 Å². The average Bonchev–Trinajstić information content (AvgIpc) is 2.66. The van der Waals surface area contributed by atoms with Crippen LogP contribution in [0.5, 0.6) is 5.75 Å². The number of carbonyl (C=O) groups excluding carboxylic acids is 2. The molecule has 136 valence electrons. The van der Waals surface area contributed by atoms with E-state index >= 15 is 0 Å². The second-order valence-electron chi connectivity index (χ2n) is 5.83. The Hall–Kier alpha value is -3.08. The van der Waals surface area contributed by atoms with E-state index in [4.69, 9.17) is 9.47 Å². The Bertz CT molecular complexity index is 771. The highest BCUT2D eigenvalue weighted by Crippen LogP contribution is 2.18. The predicted molar refractivity (Wildman–Crippen MR) is 100 cm³/mol. The number of carbonyl (C=O) groups is 2. The van der Waals surface area contributed by atoms with Crippen LogP contribution in [0.15, 0.2) is 60.7 Å². The highest BCUT2D eigenvalue weighted by Gasteiger charge is 2.20. The predicted octanol–water partition coefficient (Wildman–Crippen LogP) is 3.30. The lowest BCUT2D eigenvalue weighted by Crippen LogP contribution is -2.36. The summed E-state index contributed by atoms with van der Waals surface area (Å²) in [7, 11) is 3.25. The van der Waals surface area contributed by atoms with Crippen molar-refractivity contribution >= 4 is 18.0 Å². The number of benzene rings is 2. The van der Waals surface area contributed by atoms with Gasteiger partial charge in [-0.15, -0.1) is 0 Å². The summed E-state index contributed by atoms with van der Waals surface area (Å²) in [6, 6.07) is 17.0. The Morgan fingerprint density at radius 1 is 1.08 bits per heavy atom. The Labute approximate surface area is 153 Å². The summed E-state index contributed by atoms with van der Waals surface area (Å²) < 4.78 is 10.4. The number of likely N-dealkylation sites (N-methyl/N-ethyl adjacent to an activating group) is 1. The van der Waals surface area contributed by atoms with Gasteiger partial charge in [0.1, 0.15) is 5.75 Å². The zero-order valence-electron chi connectivity index (χ0n) is 15.2. The third kappa shape index (κ3) is 5.48. The maximum absolute atomic E-state index is 12.4. The van der Waals surface area contributed by atoms with Crippen molar-refractivity contribution in [2.24, 2.45) is 0 Å². The minimum atomic E-state index is -0.862. The fourth-order valence-electron chi connectivity index (χ4n) is 2.47. The van der Waals surface area contributed by atoms with Crippen molar-refractivity contribution in [3.05, 3.63) is 71.8 Å². The molecular formula is C21H23NO4. The molecule has 0 saturated heterocycles. The van der Waals surface area contributed by atoms with Gasteiger partial charge in [0.15, 0.2) is 6.10 Å². The van der Waals surface area contributed by atoms with Crippen LogP contribution < -0.4 is 4.74 Å². The standard InChI is InChI=1S/C21H23NO4/c1-16(21(24)22(2)15-17-9-5-4-6-10-17)26-20(23)14-13-18-11-7-8-12-19(18)25-3/h4-14,16H,15H2,1-3H3/b14-13+/t16-/m0/s1. The smallest absolute Gasteiger partial charge is 0.331 e. The van der Waals surface area contributed by atoms with Crippen molar-refractivity contribution in [2.45, 2.75) is 19.6 Å².